The minimum absolute atomic E-state index is 0.0105. The molecule has 0 bridgehead atoms. The number of aliphatic hydroxyl groups excluding tert-OH is 1. The van der Waals surface area contributed by atoms with Crippen molar-refractivity contribution in [1.82, 2.24) is 14.8 Å². The van der Waals surface area contributed by atoms with Gasteiger partial charge in [-0.3, -0.25) is 9.78 Å². The number of likely N-dealkylation sites (tertiary alicyclic amines) is 2. The Bertz CT molecular complexity index is 781. The van der Waals surface area contributed by atoms with E-state index in [0.717, 1.165) is 30.4 Å². The molecule has 1 N–H and O–H groups in total. The lowest BCUT2D eigenvalue weighted by atomic mass is 9.96. The fraction of sp³-hybridized carbons (Fsp3) is 0.545. The molecule has 1 aromatic carbocycles. The third-order valence-electron chi connectivity index (χ3n) is 6.17. The maximum atomic E-state index is 13.2. The smallest absolute Gasteiger partial charge is 0.273 e. The molecule has 1 aromatic heterocycles. The van der Waals surface area contributed by atoms with Crippen molar-refractivity contribution in [2.24, 2.45) is 11.8 Å². The fourth-order valence-corrected chi connectivity index (χ4v) is 4.61. The number of nitrogens with zero attached hydrogens (tertiary/aromatic N) is 3. The standard InChI is InChI=1S/C22H29N3O2/c26-16-19-15-25(14-18(19)13-24-11-5-1-2-6-12-24)22(27)21-20-8-4-3-7-17(20)9-10-23-21/h3-4,7-10,18-19,26H,1-2,5-6,11-16H2/t18-,19-/m0/s1. The second-order valence-electron chi connectivity index (χ2n) is 8.01. The summed E-state index contributed by atoms with van der Waals surface area (Å²) in [4.78, 5) is 22.0. The lowest BCUT2D eigenvalue weighted by Gasteiger charge is -2.26. The number of pyridine rings is 1. The first-order chi connectivity index (χ1) is 13.3. The summed E-state index contributed by atoms with van der Waals surface area (Å²) in [5, 5.41) is 11.8. The topological polar surface area (TPSA) is 56.7 Å². The Balaban J connectivity index is 1.49. The molecule has 2 aliphatic rings. The molecule has 0 saturated carbocycles. The number of carbonyl (C=O) groups is 1. The molecule has 0 radical (unpaired) electrons. The first kappa shape index (κ1) is 18.4. The van der Waals surface area contributed by atoms with Gasteiger partial charge in [0.15, 0.2) is 0 Å². The van der Waals surface area contributed by atoms with E-state index >= 15 is 0 Å². The van der Waals surface area contributed by atoms with E-state index < -0.39 is 0 Å². The summed E-state index contributed by atoms with van der Waals surface area (Å²) in [5.74, 6) is 0.489. The largest absolute Gasteiger partial charge is 0.396 e. The third kappa shape index (κ3) is 3.99. The Morgan fingerprint density at radius 1 is 1.04 bits per heavy atom. The summed E-state index contributed by atoms with van der Waals surface area (Å²) in [6.45, 7) is 4.76. The molecule has 1 amide bonds. The van der Waals surface area contributed by atoms with Crippen LogP contribution in [0.4, 0.5) is 0 Å². The summed E-state index contributed by atoms with van der Waals surface area (Å²) in [6, 6.07) is 9.84. The lowest BCUT2D eigenvalue weighted by Crippen LogP contribution is -2.35. The average Bonchev–Trinajstić information content (AvgIpc) is 2.93. The molecule has 2 saturated heterocycles. The highest BCUT2D eigenvalue weighted by Gasteiger charge is 2.36. The Labute approximate surface area is 161 Å². The molecule has 0 aliphatic carbocycles. The molecule has 2 fully saturated rings. The van der Waals surface area contributed by atoms with Gasteiger partial charge >= 0.3 is 0 Å². The normalized spacial score (nSPS) is 24.3. The average molecular weight is 367 g/mol. The van der Waals surface area contributed by atoms with Crippen LogP contribution in [0.25, 0.3) is 10.8 Å². The van der Waals surface area contributed by atoms with E-state index in [1.165, 1.54) is 25.7 Å². The zero-order valence-corrected chi connectivity index (χ0v) is 15.9. The molecule has 2 aliphatic heterocycles. The van der Waals surface area contributed by atoms with E-state index in [9.17, 15) is 9.90 Å². The predicted molar refractivity (Wildman–Crippen MR) is 107 cm³/mol. The molecular weight excluding hydrogens is 338 g/mol. The van der Waals surface area contributed by atoms with Crippen LogP contribution in [-0.4, -0.2) is 65.1 Å². The van der Waals surface area contributed by atoms with Gasteiger partial charge in [-0.2, -0.15) is 0 Å². The van der Waals surface area contributed by atoms with E-state index in [-0.39, 0.29) is 18.4 Å². The van der Waals surface area contributed by atoms with E-state index in [0.29, 0.717) is 24.7 Å². The maximum Gasteiger partial charge on any atom is 0.273 e. The van der Waals surface area contributed by atoms with Crippen LogP contribution in [0.5, 0.6) is 0 Å². The molecule has 5 heteroatoms. The second-order valence-corrected chi connectivity index (χ2v) is 8.01. The Morgan fingerprint density at radius 3 is 2.56 bits per heavy atom. The molecule has 0 spiro atoms. The van der Waals surface area contributed by atoms with Gasteiger partial charge in [0.05, 0.1) is 0 Å². The number of fused-ring (bicyclic) bond motifs is 1. The van der Waals surface area contributed by atoms with Gasteiger partial charge < -0.3 is 14.9 Å². The quantitative estimate of drug-likeness (QED) is 0.903. The van der Waals surface area contributed by atoms with Gasteiger partial charge in [0, 0.05) is 43.7 Å². The third-order valence-corrected chi connectivity index (χ3v) is 6.17. The zero-order valence-electron chi connectivity index (χ0n) is 15.9. The molecule has 4 rings (SSSR count). The SMILES string of the molecule is O=C(c1nccc2ccccc12)N1C[C@@H](CO)[C@@H](CN2CCCCCC2)C1. The van der Waals surface area contributed by atoms with E-state index in [4.69, 9.17) is 0 Å². The van der Waals surface area contributed by atoms with Crippen molar-refractivity contribution in [2.75, 3.05) is 39.3 Å². The van der Waals surface area contributed by atoms with Crippen LogP contribution in [0.2, 0.25) is 0 Å². The van der Waals surface area contributed by atoms with Crippen LogP contribution in [0.3, 0.4) is 0 Å². The monoisotopic (exact) mass is 367 g/mol. The van der Waals surface area contributed by atoms with Crippen molar-refractivity contribution in [3.8, 4) is 0 Å². The van der Waals surface area contributed by atoms with Gasteiger partial charge in [-0.25, -0.2) is 0 Å². The summed E-state index contributed by atoms with van der Waals surface area (Å²) < 4.78 is 0. The molecule has 2 aromatic rings. The van der Waals surface area contributed by atoms with Crippen molar-refractivity contribution in [3.63, 3.8) is 0 Å². The van der Waals surface area contributed by atoms with Crippen molar-refractivity contribution in [3.05, 3.63) is 42.2 Å². The second kappa shape index (κ2) is 8.36. The number of benzene rings is 1. The molecule has 5 nitrogen and oxygen atoms in total. The van der Waals surface area contributed by atoms with E-state index in [2.05, 4.69) is 9.88 Å². The van der Waals surface area contributed by atoms with Crippen LogP contribution in [0.1, 0.15) is 36.2 Å². The van der Waals surface area contributed by atoms with Crippen LogP contribution in [0.15, 0.2) is 36.5 Å². The van der Waals surface area contributed by atoms with Crippen LogP contribution in [-0.2, 0) is 0 Å². The molecule has 2 atom stereocenters. The van der Waals surface area contributed by atoms with E-state index in [1.54, 1.807) is 6.20 Å². The minimum atomic E-state index is -0.0105. The minimum Gasteiger partial charge on any atom is -0.396 e. The van der Waals surface area contributed by atoms with Crippen LogP contribution >= 0.6 is 0 Å². The number of carbonyl (C=O) groups excluding carboxylic acids is 1. The van der Waals surface area contributed by atoms with Gasteiger partial charge in [-0.15, -0.1) is 0 Å². The highest BCUT2D eigenvalue weighted by molar-refractivity contribution is 6.05. The maximum absolute atomic E-state index is 13.2. The Kier molecular flexibility index (Phi) is 5.69. The van der Waals surface area contributed by atoms with Crippen LogP contribution in [0, 0.1) is 11.8 Å². The van der Waals surface area contributed by atoms with Crippen molar-refractivity contribution in [1.29, 1.82) is 0 Å². The van der Waals surface area contributed by atoms with E-state index in [1.807, 2.05) is 35.2 Å². The van der Waals surface area contributed by atoms with Crippen molar-refractivity contribution in [2.45, 2.75) is 25.7 Å². The molecule has 27 heavy (non-hydrogen) atoms. The number of amides is 1. The molecule has 0 unspecified atom stereocenters. The number of hydrogen-bond acceptors (Lipinski definition) is 4. The fourth-order valence-electron chi connectivity index (χ4n) is 4.61. The summed E-state index contributed by atoms with van der Waals surface area (Å²) in [7, 11) is 0. The first-order valence-electron chi connectivity index (χ1n) is 10.2. The highest BCUT2D eigenvalue weighted by atomic mass is 16.3. The summed E-state index contributed by atoms with van der Waals surface area (Å²) in [5.41, 5.74) is 0.528. The Hall–Kier alpha value is -1.98. The van der Waals surface area contributed by atoms with Crippen molar-refractivity contribution < 1.29 is 9.90 Å². The Morgan fingerprint density at radius 2 is 1.78 bits per heavy atom. The van der Waals surface area contributed by atoms with Crippen molar-refractivity contribution >= 4 is 16.7 Å². The molecular formula is C22H29N3O2. The number of aliphatic hydroxyl groups is 1. The van der Waals surface area contributed by atoms with Crippen LogP contribution < -0.4 is 0 Å². The van der Waals surface area contributed by atoms with Gasteiger partial charge in [-0.05, 0) is 43.3 Å². The molecule has 144 valence electrons. The number of hydrogen-bond donors (Lipinski definition) is 1. The predicted octanol–water partition coefficient (Wildman–Crippen LogP) is 2.79. The first-order valence-corrected chi connectivity index (χ1v) is 10.2. The summed E-state index contributed by atoms with van der Waals surface area (Å²) in [6.07, 6.45) is 6.88. The number of rotatable bonds is 4. The molecule has 3 heterocycles. The summed E-state index contributed by atoms with van der Waals surface area (Å²) >= 11 is 0. The highest BCUT2D eigenvalue weighted by Crippen LogP contribution is 2.27. The van der Waals surface area contributed by atoms with Gasteiger partial charge in [-0.1, -0.05) is 37.1 Å². The zero-order chi connectivity index (χ0) is 18.6. The van der Waals surface area contributed by atoms with Gasteiger partial charge in [0.25, 0.3) is 5.91 Å². The number of aromatic nitrogens is 1. The van der Waals surface area contributed by atoms with Gasteiger partial charge in [0.2, 0.25) is 0 Å². The van der Waals surface area contributed by atoms with Gasteiger partial charge in [0.1, 0.15) is 5.69 Å². The lowest BCUT2D eigenvalue weighted by molar-refractivity contribution is 0.0775.